The van der Waals surface area contributed by atoms with E-state index in [2.05, 4.69) is 9.97 Å². The number of amides is 1. The van der Waals surface area contributed by atoms with E-state index in [9.17, 15) is 4.79 Å². The van der Waals surface area contributed by atoms with E-state index in [0.29, 0.717) is 0 Å². The molecule has 1 atom stereocenters. The zero-order valence-corrected chi connectivity index (χ0v) is 5.77. The summed E-state index contributed by atoms with van der Waals surface area (Å²) in [4.78, 5) is 18.0. The fourth-order valence-electron chi connectivity index (χ4n) is 0.598. The van der Waals surface area contributed by atoms with Crippen LogP contribution in [0.1, 0.15) is 11.9 Å². The molecule has 1 heterocycles. The first-order valence-electron chi connectivity index (χ1n) is 3.03. The molecule has 0 aromatic carbocycles. The summed E-state index contributed by atoms with van der Waals surface area (Å²) in [7, 11) is 0. The Labute approximate surface area is 63.4 Å². The molecule has 4 N–H and O–H groups in total. The summed E-state index contributed by atoms with van der Waals surface area (Å²) >= 11 is 0. The average molecular weight is 152 g/mol. The van der Waals surface area contributed by atoms with Crippen LogP contribution in [0.5, 0.6) is 0 Å². The lowest BCUT2D eigenvalue weighted by molar-refractivity contribution is -0.119. The second kappa shape index (κ2) is 3.07. The predicted molar refractivity (Wildman–Crippen MR) is 38.2 cm³/mol. The second-order valence-electron chi connectivity index (χ2n) is 1.99. The van der Waals surface area contributed by atoms with E-state index in [4.69, 9.17) is 11.5 Å². The molecule has 1 aromatic heterocycles. The number of hydrogen-bond acceptors (Lipinski definition) is 4. The summed E-state index contributed by atoms with van der Waals surface area (Å²) in [6.07, 6.45) is 3.01. The van der Waals surface area contributed by atoms with E-state index in [0.717, 1.165) is 0 Å². The van der Waals surface area contributed by atoms with Gasteiger partial charge in [-0.25, -0.2) is 9.97 Å². The summed E-state index contributed by atoms with van der Waals surface area (Å²) in [5.41, 5.74) is 10.3. The van der Waals surface area contributed by atoms with E-state index in [-0.39, 0.29) is 5.82 Å². The van der Waals surface area contributed by atoms with Crippen molar-refractivity contribution in [1.82, 2.24) is 9.97 Å². The third-order valence-corrected chi connectivity index (χ3v) is 1.17. The van der Waals surface area contributed by atoms with Gasteiger partial charge in [0.1, 0.15) is 6.04 Å². The lowest BCUT2D eigenvalue weighted by Crippen LogP contribution is -2.29. The van der Waals surface area contributed by atoms with Crippen LogP contribution in [0, 0.1) is 0 Å². The fraction of sp³-hybridized carbons (Fsp3) is 0.167. The molecule has 0 unspecified atom stereocenters. The number of aromatic nitrogens is 2. The van der Waals surface area contributed by atoms with E-state index in [1.807, 2.05) is 0 Å². The van der Waals surface area contributed by atoms with Crippen molar-refractivity contribution < 1.29 is 4.79 Å². The summed E-state index contributed by atoms with van der Waals surface area (Å²) in [5.74, 6) is -0.379. The molecular weight excluding hydrogens is 144 g/mol. The average Bonchev–Trinajstić information content (AvgIpc) is 2.05. The number of nitrogens with two attached hydrogens (primary N) is 2. The van der Waals surface area contributed by atoms with Crippen molar-refractivity contribution >= 4 is 5.91 Å². The van der Waals surface area contributed by atoms with Crippen molar-refractivity contribution in [1.29, 1.82) is 0 Å². The first kappa shape index (κ1) is 7.62. The van der Waals surface area contributed by atoms with Gasteiger partial charge in [0.2, 0.25) is 5.91 Å². The van der Waals surface area contributed by atoms with Crippen LogP contribution in [-0.2, 0) is 4.79 Å². The maximum Gasteiger partial charge on any atom is 0.242 e. The highest BCUT2D eigenvalue weighted by Gasteiger charge is 2.13. The maximum absolute atomic E-state index is 10.5. The van der Waals surface area contributed by atoms with Crippen LogP contribution in [0.2, 0.25) is 0 Å². The molecule has 0 aliphatic rings. The van der Waals surface area contributed by atoms with Crippen LogP contribution < -0.4 is 11.5 Å². The summed E-state index contributed by atoms with van der Waals surface area (Å²) in [6, 6.07) is 0.730. The number of rotatable bonds is 2. The van der Waals surface area contributed by atoms with Gasteiger partial charge in [0.25, 0.3) is 0 Å². The van der Waals surface area contributed by atoms with Gasteiger partial charge in [-0.3, -0.25) is 4.79 Å². The van der Waals surface area contributed by atoms with Crippen molar-refractivity contribution in [3.05, 3.63) is 24.3 Å². The fourth-order valence-corrected chi connectivity index (χ4v) is 0.598. The smallest absolute Gasteiger partial charge is 0.242 e. The molecule has 0 aliphatic carbocycles. The Hall–Kier alpha value is -1.49. The van der Waals surface area contributed by atoms with E-state index in [1.54, 1.807) is 6.07 Å². The lowest BCUT2D eigenvalue weighted by Gasteiger charge is -2.02. The van der Waals surface area contributed by atoms with Gasteiger partial charge in [0.05, 0.1) is 0 Å². The standard InChI is InChI=1S/C6H8N4O/c7-4(5(8)11)6-9-2-1-3-10-6/h1-4H,7H2,(H2,8,11)/t4-/m1/s1. The minimum Gasteiger partial charge on any atom is -0.368 e. The summed E-state index contributed by atoms with van der Waals surface area (Å²) in [6.45, 7) is 0. The predicted octanol–water partition coefficient (Wildman–Crippen LogP) is -1.04. The van der Waals surface area contributed by atoms with Crippen LogP contribution in [0.15, 0.2) is 18.5 Å². The van der Waals surface area contributed by atoms with Gasteiger partial charge in [-0.15, -0.1) is 0 Å². The quantitative estimate of drug-likeness (QED) is 0.566. The third kappa shape index (κ3) is 1.71. The first-order chi connectivity index (χ1) is 5.22. The van der Waals surface area contributed by atoms with E-state index in [1.165, 1.54) is 12.4 Å². The van der Waals surface area contributed by atoms with E-state index >= 15 is 0 Å². The number of carbonyl (C=O) groups excluding carboxylic acids is 1. The number of primary amides is 1. The van der Waals surface area contributed by atoms with Crippen molar-refractivity contribution in [3.8, 4) is 0 Å². The first-order valence-corrected chi connectivity index (χ1v) is 3.03. The third-order valence-electron chi connectivity index (χ3n) is 1.17. The number of nitrogens with zero attached hydrogens (tertiary/aromatic N) is 2. The van der Waals surface area contributed by atoms with Gasteiger partial charge in [0, 0.05) is 12.4 Å². The molecule has 0 fully saturated rings. The lowest BCUT2D eigenvalue weighted by atomic mass is 10.3. The van der Waals surface area contributed by atoms with Gasteiger partial charge in [-0.1, -0.05) is 0 Å². The summed E-state index contributed by atoms with van der Waals surface area (Å²) in [5, 5.41) is 0. The topological polar surface area (TPSA) is 94.9 Å². The van der Waals surface area contributed by atoms with Crippen molar-refractivity contribution in [2.45, 2.75) is 6.04 Å². The van der Waals surface area contributed by atoms with Crippen LogP contribution >= 0.6 is 0 Å². The highest BCUT2D eigenvalue weighted by Crippen LogP contribution is 1.99. The molecule has 0 bridgehead atoms. The molecule has 11 heavy (non-hydrogen) atoms. The van der Waals surface area contributed by atoms with Crippen molar-refractivity contribution in [3.63, 3.8) is 0 Å². The normalized spacial score (nSPS) is 12.5. The largest absolute Gasteiger partial charge is 0.368 e. The van der Waals surface area contributed by atoms with Crippen molar-refractivity contribution in [2.24, 2.45) is 11.5 Å². The molecule has 1 amide bonds. The molecule has 1 rings (SSSR count). The Morgan fingerprint density at radius 2 is 2.00 bits per heavy atom. The molecule has 0 spiro atoms. The highest BCUT2D eigenvalue weighted by atomic mass is 16.1. The van der Waals surface area contributed by atoms with Crippen molar-refractivity contribution in [2.75, 3.05) is 0 Å². The SMILES string of the molecule is NC(=O)[C@@H](N)c1ncccn1. The Morgan fingerprint density at radius 1 is 1.45 bits per heavy atom. The minimum atomic E-state index is -0.906. The molecule has 58 valence electrons. The molecular formula is C6H8N4O. The van der Waals surface area contributed by atoms with E-state index < -0.39 is 11.9 Å². The van der Waals surface area contributed by atoms with Gasteiger partial charge < -0.3 is 11.5 Å². The molecule has 0 aliphatic heterocycles. The number of carbonyl (C=O) groups is 1. The zero-order valence-electron chi connectivity index (χ0n) is 5.77. The Kier molecular flexibility index (Phi) is 2.12. The van der Waals surface area contributed by atoms with Gasteiger partial charge >= 0.3 is 0 Å². The highest BCUT2D eigenvalue weighted by molar-refractivity contribution is 5.80. The zero-order chi connectivity index (χ0) is 8.27. The Morgan fingerprint density at radius 3 is 2.45 bits per heavy atom. The molecule has 5 nitrogen and oxygen atoms in total. The molecule has 0 saturated heterocycles. The van der Waals surface area contributed by atoms with Gasteiger partial charge in [-0.05, 0) is 6.07 Å². The molecule has 5 heteroatoms. The van der Waals surface area contributed by atoms with Crippen LogP contribution in [-0.4, -0.2) is 15.9 Å². The maximum atomic E-state index is 10.5. The Bertz CT molecular complexity index is 248. The molecule has 1 aromatic rings. The molecule has 0 saturated carbocycles. The van der Waals surface area contributed by atoms with Crippen LogP contribution in [0.3, 0.4) is 0 Å². The van der Waals surface area contributed by atoms with Gasteiger partial charge in [-0.2, -0.15) is 0 Å². The van der Waals surface area contributed by atoms with Crippen LogP contribution in [0.25, 0.3) is 0 Å². The second-order valence-corrected chi connectivity index (χ2v) is 1.99. The minimum absolute atomic E-state index is 0.250. The Balaban J connectivity index is 2.85. The number of hydrogen-bond donors (Lipinski definition) is 2. The molecule has 0 radical (unpaired) electrons. The van der Waals surface area contributed by atoms with Gasteiger partial charge in [0.15, 0.2) is 5.82 Å². The summed E-state index contributed by atoms with van der Waals surface area (Å²) < 4.78 is 0. The monoisotopic (exact) mass is 152 g/mol. The van der Waals surface area contributed by atoms with Crippen LogP contribution in [0.4, 0.5) is 0 Å².